The predicted octanol–water partition coefficient (Wildman–Crippen LogP) is 4.73. The number of rotatable bonds is 4. The molecule has 0 heterocycles. The number of anilines is 1. The lowest BCUT2D eigenvalue weighted by Gasteiger charge is -2.09. The van der Waals surface area contributed by atoms with Crippen LogP contribution in [0, 0.1) is 0 Å². The molecule has 0 radical (unpaired) electrons. The quantitative estimate of drug-likeness (QED) is 0.783. The zero-order valence-corrected chi connectivity index (χ0v) is 13.7. The van der Waals surface area contributed by atoms with Crippen molar-refractivity contribution in [2.24, 2.45) is 0 Å². The zero-order chi connectivity index (χ0) is 17.0. The summed E-state index contributed by atoms with van der Waals surface area (Å²) >= 11 is 11.6. The lowest BCUT2D eigenvalue weighted by atomic mass is 10.1. The molecule has 2 rings (SSSR count). The Balaban J connectivity index is 2.21. The normalized spacial score (nSPS) is 11.2. The van der Waals surface area contributed by atoms with Crippen molar-refractivity contribution < 1.29 is 14.7 Å². The van der Waals surface area contributed by atoms with E-state index in [1.54, 1.807) is 37.3 Å². The smallest absolute Gasteiger partial charge is 0.337 e. The van der Waals surface area contributed by atoms with Crippen LogP contribution in [-0.4, -0.2) is 17.0 Å². The molecule has 0 unspecified atom stereocenters. The summed E-state index contributed by atoms with van der Waals surface area (Å²) < 4.78 is 0. The van der Waals surface area contributed by atoms with Crippen molar-refractivity contribution in [2.75, 3.05) is 5.32 Å². The van der Waals surface area contributed by atoms with Gasteiger partial charge in [0.2, 0.25) is 0 Å². The number of carboxylic acids is 1. The van der Waals surface area contributed by atoms with E-state index in [9.17, 15) is 9.59 Å². The predicted molar refractivity (Wildman–Crippen MR) is 92.1 cm³/mol. The first-order valence-corrected chi connectivity index (χ1v) is 7.40. The first kappa shape index (κ1) is 17.1. The topological polar surface area (TPSA) is 66.4 Å². The summed E-state index contributed by atoms with van der Waals surface area (Å²) in [6.07, 6.45) is 1.68. The third kappa shape index (κ3) is 4.58. The molecule has 0 spiro atoms. The second-order valence-electron chi connectivity index (χ2n) is 4.83. The standard InChI is InChI=1S/C17H13Cl2NO3/c1-10(8-11-2-4-12(18)5-3-11)16(21)20-15-7-6-13(19)9-14(15)17(22)23/h2-9H,1H3,(H,20,21)(H,22,23). The molecular weight excluding hydrogens is 337 g/mol. The van der Waals surface area contributed by atoms with Gasteiger partial charge in [0.25, 0.3) is 5.91 Å². The minimum Gasteiger partial charge on any atom is -0.478 e. The summed E-state index contributed by atoms with van der Waals surface area (Å²) in [5.41, 5.74) is 1.37. The van der Waals surface area contributed by atoms with Crippen LogP contribution >= 0.6 is 23.2 Å². The molecule has 6 heteroatoms. The summed E-state index contributed by atoms with van der Waals surface area (Å²) in [5.74, 6) is -1.56. The average Bonchev–Trinajstić information content (AvgIpc) is 2.51. The van der Waals surface area contributed by atoms with Crippen LogP contribution in [0.3, 0.4) is 0 Å². The van der Waals surface area contributed by atoms with Gasteiger partial charge in [0.05, 0.1) is 11.3 Å². The van der Waals surface area contributed by atoms with Crippen molar-refractivity contribution in [1.29, 1.82) is 0 Å². The molecule has 118 valence electrons. The number of hydrogen-bond acceptors (Lipinski definition) is 2. The third-order valence-corrected chi connectivity index (χ3v) is 3.56. The van der Waals surface area contributed by atoms with Crippen molar-refractivity contribution in [3.8, 4) is 0 Å². The SMILES string of the molecule is CC(=Cc1ccc(Cl)cc1)C(=O)Nc1ccc(Cl)cc1C(=O)O. The van der Waals surface area contributed by atoms with Gasteiger partial charge < -0.3 is 10.4 Å². The lowest BCUT2D eigenvalue weighted by molar-refractivity contribution is -0.112. The monoisotopic (exact) mass is 349 g/mol. The average molecular weight is 350 g/mol. The minimum absolute atomic E-state index is 0.0647. The molecule has 2 N–H and O–H groups in total. The molecule has 0 saturated heterocycles. The van der Waals surface area contributed by atoms with Crippen LogP contribution in [0.5, 0.6) is 0 Å². The van der Waals surface area contributed by atoms with Gasteiger partial charge in [-0.3, -0.25) is 4.79 Å². The van der Waals surface area contributed by atoms with E-state index in [2.05, 4.69) is 5.32 Å². The van der Waals surface area contributed by atoms with E-state index in [0.29, 0.717) is 10.6 Å². The molecule has 0 saturated carbocycles. The summed E-state index contributed by atoms with van der Waals surface area (Å²) in [7, 11) is 0. The molecule has 4 nitrogen and oxygen atoms in total. The molecule has 0 bridgehead atoms. The van der Waals surface area contributed by atoms with Gasteiger partial charge in [-0.25, -0.2) is 4.79 Å². The van der Waals surface area contributed by atoms with Gasteiger partial charge in [0.1, 0.15) is 0 Å². The molecule has 2 aromatic carbocycles. The number of nitrogens with one attached hydrogen (secondary N) is 1. The Morgan fingerprint density at radius 2 is 1.65 bits per heavy atom. The fourth-order valence-corrected chi connectivity index (χ4v) is 2.20. The van der Waals surface area contributed by atoms with Crippen molar-refractivity contribution in [2.45, 2.75) is 6.92 Å². The summed E-state index contributed by atoms with van der Waals surface area (Å²) in [5, 5.41) is 12.6. The Morgan fingerprint density at radius 1 is 1.04 bits per heavy atom. The van der Waals surface area contributed by atoms with Crippen LogP contribution in [0.1, 0.15) is 22.8 Å². The molecule has 0 aliphatic carbocycles. The molecule has 2 aromatic rings. The van der Waals surface area contributed by atoms with Gasteiger partial charge >= 0.3 is 5.97 Å². The molecule has 0 aromatic heterocycles. The summed E-state index contributed by atoms with van der Waals surface area (Å²) in [6, 6.07) is 11.3. The van der Waals surface area contributed by atoms with Crippen LogP contribution in [0.2, 0.25) is 10.0 Å². The third-order valence-electron chi connectivity index (χ3n) is 3.07. The molecular formula is C17H13Cl2NO3. The Kier molecular flexibility index (Phi) is 5.42. The molecule has 0 aliphatic rings. The number of hydrogen-bond donors (Lipinski definition) is 2. The second kappa shape index (κ2) is 7.31. The minimum atomic E-state index is -1.16. The van der Waals surface area contributed by atoms with Crippen molar-refractivity contribution in [3.63, 3.8) is 0 Å². The fourth-order valence-electron chi connectivity index (χ4n) is 1.90. The van der Waals surface area contributed by atoms with Gasteiger partial charge in [0, 0.05) is 15.6 Å². The van der Waals surface area contributed by atoms with Crippen LogP contribution in [0.4, 0.5) is 5.69 Å². The Hall–Kier alpha value is -2.30. The van der Waals surface area contributed by atoms with Gasteiger partial charge in [-0.1, -0.05) is 35.3 Å². The highest BCUT2D eigenvalue weighted by molar-refractivity contribution is 6.31. The molecule has 0 aliphatic heterocycles. The van der Waals surface area contributed by atoms with Gasteiger partial charge in [-0.05, 0) is 48.9 Å². The second-order valence-corrected chi connectivity index (χ2v) is 5.70. The summed E-state index contributed by atoms with van der Waals surface area (Å²) in [4.78, 5) is 23.4. The lowest BCUT2D eigenvalue weighted by Crippen LogP contribution is -2.15. The highest BCUT2D eigenvalue weighted by Gasteiger charge is 2.14. The van der Waals surface area contributed by atoms with Gasteiger partial charge in [0.15, 0.2) is 0 Å². The number of amides is 1. The maximum atomic E-state index is 12.2. The number of aromatic carboxylic acids is 1. The maximum Gasteiger partial charge on any atom is 0.337 e. The molecule has 1 amide bonds. The van der Waals surface area contributed by atoms with Crippen LogP contribution in [0.15, 0.2) is 48.0 Å². The van der Waals surface area contributed by atoms with Crippen molar-refractivity contribution in [3.05, 3.63) is 69.2 Å². The van der Waals surface area contributed by atoms with E-state index in [1.807, 2.05) is 0 Å². The van der Waals surface area contributed by atoms with E-state index in [4.69, 9.17) is 28.3 Å². The first-order chi connectivity index (χ1) is 10.9. The van der Waals surface area contributed by atoms with Gasteiger partial charge in [-0.2, -0.15) is 0 Å². The first-order valence-electron chi connectivity index (χ1n) is 6.65. The number of benzene rings is 2. The van der Waals surface area contributed by atoms with Crippen LogP contribution in [0.25, 0.3) is 6.08 Å². The Morgan fingerprint density at radius 3 is 2.26 bits per heavy atom. The summed E-state index contributed by atoms with van der Waals surface area (Å²) in [6.45, 7) is 1.64. The Bertz CT molecular complexity index is 783. The Labute approximate surface area is 143 Å². The number of carboxylic acid groups (broad SMARTS) is 1. The van der Waals surface area contributed by atoms with E-state index in [0.717, 1.165) is 5.56 Å². The van der Waals surface area contributed by atoms with Gasteiger partial charge in [-0.15, -0.1) is 0 Å². The van der Waals surface area contributed by atoms with E-state index in [1.165, 1.54) is 18.2 Å². The number of carbonyl (C=O) groups is 2. The number of carbonyl (C=O) groups excluding carboxylic acids is 1. The van der Waals surface area contributed by atoms with E-state index < -0.39 is 11.9 Å². The van der Waals surface area contributed by atoms with E-state index >= 15 is 0 Å². The molecule has 0 atom stereocenters. The molecule has 0 fully saturated rings. The van der Waals surface area contributed by atoms with E-state index in [-0.39, 0.29) is 16.3 Å². The maximum absolute atomic E-state index is 12.2. The van der Waals surface area contributed by atoms with Crippen molar-refractivity contribution in [1.82, 2.24) is 0 Å². The van der Waals surface area contributed by atoms with Crippen molar-refractivity contribution >= 4 is 46.8 Å². The highest BCUT2D eigenvalue weighted by Crippen LogP contribution is 2.21. The fraction of sp³-hybridized carbons (Fsp3) is 0.0588. The molecule has 23 heavy (non-hydrogen) atoms. The largest absolute Gasteiger partial charge is 0.478 e. The highest BCUT2D eigenvalue weighted by atomic mass is 35.5. The van der Waals surface area contributed by atoms with Crippen LogP contribution in [-0.2, 0) is 4.79 Å². The zero-order valence-electron chi connectivity index (χ0n) is 12.1. The van der Waals surface area contributed by atoms with Crippen LogP contribution < -0.4 is 5.32 Å². The number of halogens is 2.